The Bertz CT molecular complexity index is 920. The maximum atomic E-state index is 11.5. The van der Waals surface area contributed by atoms with Gasteiger partial charge in [-0.25, -0.2) is 4.98 Å². The standard InChI is InChI=1S/C21H25N3O3/c1-15-6-5-7-17(12-15)22-14-16(13-20(25)26)21-23-18-8-3-4-9-19(18)24(21)10-11-27-2/h3-9,12,16,22H,10-11,13-14H2,1-2H3,(H,25,26). The first kappa shape index (κ1) is 18.9. The van der Waals surface area contributed by atoms with Crippen molar-refractivity contribution in [3.8, 4) is 0 Å². The van der Waals surface area contributed by atoms with Crippen molar-refractivity contribution in [1.29, 1.82) is 0 Å². The second-order valence-electron chi connectivity index (χ2n) is 6.65. The van der Waals surface area contributed by atoms with E-state index >= 15 is 0 Å². The average molecular weight is 367 g/mol. The lowest BCUT2D eigenvalue weighted by atomic mass is 10.0. The van der Waals surface area contributed by atoms with Gasteiger partial charge in [0.15, 0.2) is 0 Å². The van der Waals surface area contributed by atoms with E-state index in [9.17, 15) is 9.90 Å². The number of nitrogens with zero attached hydrogens (tertiary/aromatic N) is 2. The van der Waals surface area contributed by atoms with Crippen molar-refractivity contribution in [1.82, 2.24) is 9.55 Å². The van der Waals surface area contributed by atoms with Crippen molar-refractivity contribution in [3.63, 3.8) is 0 Å². The van der Waals surface area contributed by atoms with Crippen molar-refractivity contribution < 1.29 is 14.6 Å². The summed E-state index contributed by atoms with van der Waals surface area (Å²) in [7, 11) is 1.66. The SMILES string of the molecule is COCCn1c(C(CNc2cccc(C)c2)CC(=O)O)nc2ccccc21. The van der Waals surface area contributed by atoms with Crippen LogP contribution in [0.4, 0.5) is 5.69 Å². The first-order valence-corrected chi connectivity index (χ1v) is 9.05. The van der Waals surface area contributed by atoms with Gasteiger partial charge in [-0.05, 0) is 36.8 Å². The minimum Gasteiger partial charge on any atom is -0.481 e. The van der Waals surface area contributed by atoms with Gasteiger partial charge >= 0.3 is 5.97 Å². The Labute approximate surface area is 158 Å². The van der Waals surface area contributed by atoms with Gasteiger partial charge in [-0.1, -0.05) is 24.3 Å². The summed E-state index contributed by atoms with van der Waals surface area (Å²) in [6.45, 7) is 3.70. The molecule has 0 saturated heterocycles. The number of imidazole rings is 1. The molecule has 27 heavy (non-hydrogen) atoms. The minimum atomic E-state index is -0.837. The van der Waals surface area contributed by atoms with Crippen LogP contribution in [0.5, 0.6) is 0 Å². The average Bonchev–Trinajstić information content (AvgIpc) is 3.01. The molecular weight excluding hydrogens is 342 g/mol. The van der Waals surface area contributed by atoms with E-state index in [1.807, 2.05) is 55.5 Å². The van der Waals surface area contributed by atoms with Crippen LogP contribution in [0.3, 0.4) is 0 Å². The molecule has 1 aromatic heterocycles. The number of nitrogens with one attached hydrogen (secondary N) is 1. The van der Waals surface area contributed by atoms with Crippen molar-refractivity contribution in [2.75, 3.05) is 25.6 Å². The van der Waals surface area contributed by atoms with Crippen molar-refractivity contribution >= 4 is 22.7 Å². The van der Waals surface area contributed by atoms with Gasteiger partial charge in [-0.15, -0.1) is 0 Å². The fourth-order valence-electron chi connectivity index (χ4n) is 3.28. The number of carboxylic acids is 1. The van der Waals surface area contributed by atoms with Gasteiger partial charge in [0.2, 0.25) is 0 Å². The van der Waals surface area contributed by atoms with Gasteiger partial charge in [0, 0.05) is 31.8 Å². The number of aromatic nitrogens is 2. The number of carboxylic acid groups (broad SMARTS) is 1. The predicted molar refractivity (Wildman–Crippen MR) is 106 cm³/mol. The van der Waals surface area contributed by atoms with Crippen LogP contribution in [-0.4, -0.2) is 40.9 Å². The third kappa shape index (κ3) is 4.65. The number of ether oxygens (including phenoxy) is 1. The lowest BCUT2D eigenvalue weighted by Crippen LogP contribution is -2.21. The van der Waals surface area contributed by atoms with Crippen LogP contribution in [0.2, 0.25) is 0 Å². The van der Waals surface area contributed by atoms with Crippen LogP contribution in [0.1, 0.15) is 23.7 Å². The molecule has 0 bridgehead atoms. The third-order valence-corrected chi connectivity index (χ3v) is 4.56. The zero-order valence-electron chi connectivity index (χ0n) is 15.7. The highest BCUT2D eigenvalue weighted by Gasteiger charge is 2.23. The number of benzene rings is 2. The van der Waals surface area contributed by atoms with E-state index in [1.54, 1.807) is 7.11 Å². The zero-order valence-corrected chi connectivity index (χ0v) is 15.7. The Morgan fingerprint density at radius 2 is 2.07 bits per heavy atom. The normalized spacial score (nSPS) is 12.2. The van der Waals surface area contributed by atoms with Crippen LogP contribution < -0.4 is 5.32 Å². The van der Waals surface area contributed by atoms with Gasteiger partial charge in [0.25, 0.3) is 0 Å². The topological polar surface area (TPSA) is 76.4 Å². The lowest BCUT2D eigenvalue weighted by molar-refractivity contribution is -0.137. The molecule has 0 radical (unpaired) electrons. The molecule has 1 heterocycles. The molecule has 0 aliphatic rings. The van der Waals surface area contributed by atoms with Gasteiger partial charge in [-0.2, -0.15) is 0 Å². The number of anilines is 1. The van der Waals surface area contributed by atoms with Crippen LogP contribution >= 0.6 is 0 Å². The number of fused-ring (bicyclic) bond motifs is 1. The van der Waals surface area contributed by atoms with Crippen LogP contribution in [-0.2, 0) is 16.1 Å². The maximum absolute atomic E-state index is 11.5. The molecule has 1 atom stereocenters. The molecule has 0 saturated carbocycles. The van der Waals surface area contributed by atoms with Gasteiger partial charge in [0.05, 0.1) is 24.1 Å². The van der Waals surface area contributed by atoms with Crippen LogP contribution in [0.15, 0.2) is 48.5 Å². The number of hydrogen-bond donors (Lipinski definition) is 2. The maximum Gasteiger partial charge on any atom is 0.304 e. The van der Waals surface area contributed by atoms with Crippen molar-refractivity contribution in [2.24, 2.45) is 0 Å². The molecule has 142 valence electrons. The Balaban J connectivity index is 1.92. The van der Waals surface area contributed by atoms with E-state index in [-0.39, 0.29) is 12.3 Å². The van der Waals surface area contributed by atoms with E-state index in [0.717, 1.165) is 28.1 Å². The predicted octanol–water partition coefficient (Wildman–Crippen LogP) is 3.66. The fourth-order valence-corrected chi connectivity index (χ4v) is 3.28. The quantitative estimate of drug-likeness (QED) is 0.604. The molecule has 3 aromatic rings. The van der Waals surface area contributed by atoms with Gasteiger partial charge < -0.3 is 19.7 Å². The summed E-state index contributed by atoms with van der Waals surface area (Å²) in [5.41, 5.74) is 4.00. The Morgan fingerprint density at radius 1 is 1.26 bits per heavy atom. The molecule has 0 aliphatic carbocycles. The zero-order chi connectivity index (χ0) is 19.2. The molecule has 3 rings (SSSR count). The highest BCUT2D eigenvalue weighted by Crippen LogP contribution is 2.25. The summed E-state index contributed by atoms with van der Waals surface area (Å²) in [5, 5.41) is 12.8. The summed E-state index contributed by atoms with van der Waals surface area (Å²) >= 11 is 0. The second-order valence-corrected chi connectivity index (χ2v) is 6.65. The Morgan fingerprint density at radius 3 is 2.81 bits per heavy atom. The summed E-state index contributed by atoms with van der Waals surface area (Å²) in [4.78, 5) is 16.3. The number of methoxy groups -OCH3 is 1. The number of carbonyl (C=O) groups is 1. The molecule has 0 aliphatic heterocycles. The molecule has 6 heteroatoms. The first-order valence-electron chi connectivity index (χ1n) is 9.05. The number of aryl methyl sites for hydroxylation is 1. The third-order valence-electron chi connectivity index (χ3n) is 4.56. The molecule has 1 unspecified atom stereocenters. The molecule has 0 spiro atoms. The van der Waals surface area contributed by atoms with E-state index in [2.05, 4.69) is 9.88 Å². The second kappa shape index (κ2) is 8.68. The van der Waals surface area contributed by atoms with Gasteiger partial charge in [0.1, 0.15) is 5.82 Å². The summed E-state index contributed by atoms with van der Waals surface area (Å²) < 4.78 is 7.32. The largest absolute Gasteiger partial charge is 0.481 e. The molecule has 0 amide bonds. The van der Waals surface area contributed by atoms with Crippen molar-refractivity contribution in [3.05, 3.63) is 59.9 Å². The van der Waals surface area contributed by atoms with E-state index in [4.69, 9.17) is 9.72 Å². The fraction of sp³-hybridized carbons (Fsp3) is 0.333. The van der Waals surface area contributed by atoms with Crippen LogP contribution in [0.25, 0.3) is 11.0 Å². The Kier molecular flexibility index (Phi) is 6.08. The molecule has 0 fully saturated rings. The smallest absolute Gasteiger partial charge is 0.304 e. The van der Waals surface area contributed by atoms with Crippen LogP contribution in [0, 0.1) is 6.92 Å². The summed E-state index contributed by atoms with van der Waals surface area (Å²) in [6.07, 6.45) is 0.00905. The lowest BCUT2D eigenvalue weighted by Gasteiger charge is -2.18. The molecule has 2 aromatic carbocycles. The number of aliphatic carboxylic acids is 1. The molecule has 2 N–H and O–H groups in total. The highest BCUT2D eigenvalue weighted by atomic mass is 16.5. The monoisotopic (exact) mass is 367 g/mol. The first-order chi connectivity index (χ1) is 13.1. The van der Waals surface area contributed by atoms with Crippen molar-refractivity contribution in [2.45, 2.75) is 25.8 Å². The van der Waals surface area contributed by atoms with E-state index < -0.39 is 5.97 Å². The molecular formula is C21H25N3O3. The highest BCUT2D eigenvalue weighted by molar-refractivity contribution is 5.76. The number of para-hydroxylation sites is 2. The number of hydrogen-bond acceptors (Lipinski definition) is 4. The van der Waals surface area contributed by atoms with Gasteiger partial charge in [-0.3, -0.25) is 4.79 Å². The minimum absolute atomic E-state index is 0.00905. The summed E-state index contributed by atoms with van der Waals surface area (Å²) in [5.74, 6) is -0.320. The van der Waals surface area contributed by atoms with E-state index in [1.165, 1.54) is 0 Å². The number of rotatable bonds is 9. The Hall–Kier alpha value is -2.86. The summed E-state index contributed by atoms with van der Waals surface area (Å²) in [6, 6.07) is 15.9. The van der Waals surface area contributed by atoms with E-state index in [0.29, 0.717) is 19.7 Å². The molecule has 6 nitrogen and oxygen atoms in total.